The summed E-state index contributed by atoms with van der Waals surface area (Å²) in [6, 6.07) is 4.79. The fourth-order valence-corrected chi connectivity index (χ4v) is 5.39. The van der Waals surface area contributed by atoms with Crippen molar-refractivity contribution < 1.29 is 35.9 Å². The largest absolute Gasteiger partial charge is 0.304 e. The molecule has 0 amide bonds. The van der Waals surface area contributed by atoms with Crippen molar-refractivity contribution in [1.82, 2.24) is 9.80 Å². The van der Waals surface area contributed by atoms with Gasteiger partial charge in [0.2, 0.25) is 0 Å². The highest BCUT2D eigenvalue weighted by Gasteiger charge is 2.32. The number of nitrogens with zero attached hydrogens (tertiary/aromatic N) is 2. The van der Waals surface area contributed by atoms with Crippen LogP contribution in [0.25, 0.3) is 0 Å². The van der Waals surface area contributed by atoms with Crippen LogP contribution >= 0.6 is 0 Å². The molecule has 2 aliphatic rings. The first-order valence-corrected chi connectivity index (χ1v) is 16.0. The second-order valence-corrected chi connectivity index (χ2v) is 12.9. The first kappa shape index (κ1) is 43.3. The Labute approximate surface area is 272 Å². The zero-order valence-corrected chi connectivity index (χ0v) is 29.3. The number of piperidine rings is 2. The number of carbonyl (C=O) groups excluding carboxylic acids is 2. The van der Waals surface area contributed by atoms with Crippen molar-refractivity contribution in [2.75, 3.05) is 26.2 Å². The van der Waals surface area contributed by atoms with Crippen LogP contribution in [0.4, 0.5) is 26.3 Å². The highest BCUT2D eigenvalue weighted by molar-refractivity contribution is 5.44. The van der Waals surface area contributed by atoms with Crippen LogP contribution in [0.3, 0.4) is 0 Å². The van der Waals surface area contributed by atoms with Crippen LogP contribution in [0.5, 0.6) is 0 Å². The summed E-state index contributed by atoms with van der Waals surface area (Å²) >= 11 is 0. The van der Waals surface area contributed by atoms with Gasteiger partial charge in [0.25, 0.3) is 0 Å². The van der Waals surface area contributed by atoms with Gasteiger partial charge >= 0.3 is 0 Å². The molecule has 0 radical (unpaired) electrons. The van der Waals surface area contributed by atoms with Crippen LogP contribution < -0.4 is 0 Å². The molecular weight excluding hydrogens is 606 g/mol. The van der Waals surface area contributed by atoms with Crippen molar-refractivity contribution in [3.8, 4) is 0 Å². The van der Waals surface area contributed by atoms with Crippen molar-refractivity contribution in [3.63, 3.8) is 0 Å². The fourth-order valence-electron chi connectivity index (χ4n) is 5.39. The van der Waals surface area contributed by atoms with E-state index in [2.05, 4.69) is 51.3 Å². The van der Waals surface area contributed by atoms with E-state index in [1.165, 1.54) is 26.0 Å². The molecule has 0 saturated carbocycles. The normalized spacial score (nSPS) is 18.6. The number of hydrogen-bond acceptors (Lipinski definition) is 4. The molecule has 2 saturated heterocycles. The maximum atomic E-state index is 13.8. The SMILES string of the molecule is CC.CC(C)(C)N1CCCC(c2ccc(F)c(F)c2F)C1.CC(C)(C)N1CCCC(c2ccc(F)c(F)c2F)C1.CC=O.CC=O. The van der Waals surface area contributed by atoms with Gasteiger partial charge in [0.1, 0.15) is 12.6 Å². The average molecular weight is 661 g/mol. The zero-order chi connectivity index (χ0) is 35.8. The maximum Gasteiger partial charge on any atom is 0.194 e. The Balaban J connectivity index is 0.000000719. The van der Waals surface area contributed by atoms with Crippen molar-refractivity contribution in [3.05, 3.63) is 70.3 Å². The molecule has 10 heteroatoms. The molecule has 2 unspecified atom stereocenters. The van der Waals surface area contributed by atoms with Gasteiger partial charge in [-0.2, -0.15) is 0 Å². The van der Waals surface area contributed by atoms with Crippen LogP contribution in [0.2, 0.25) is 0 Å². The zero-order valence-electron chi connectivity index (χ0n) is 29.3. The molecule has 2 fully saturated rings. The van der Waals surface area contributed by atoms with Crippen LogP contribution in [0.1, 0.15) is 118 Å². The van der Waals surface area contributed by atoms with Gasteiger partial charge in [-0.15, -0.1) is 0 Å². The number of carbonyl (C=O) groups is 2. The van der Waals surface area contributed by atoms with Crippen molar-refractivity contribution in [2.45, 2.75) is 118 Å². The Bertz CT molecular complexity index is 1120. The maximum absolute atomic E-state index is 13.8. The van der Waals surface area contributed by atoms with Crippen LogP contribution in [0.15, 0.2) is 24.3 Å². The average Bonchev–Trinajstić information content (AvgIpc) is 3.00. The third kappa shape index (κ3) is 13.2. The molecule has 0 N–H and O–H groups in total. The highest BCUT2D eigenvalue weighted by Crippen LogP contribution is 2.34. The van der Waals surface area contributed by atoms with Crippen molar-refractivity contribution in [1.29, 1.82) is 0 Å². The van der Waals surface area contributed by atoms with Gasteiger partial charge in [0.15, 0.2) is 34.9 Å². The lowest BCUT2D eigenvalue weighted by Gasteiger charge is -2.41. The van der Waals surface area contributed by atoms with E-state index in [9.17, 15) is 26.3 Å². The number of likely N-dealkylation sites (tertiary alicyclic amines) is 2. The molecule has 2 aliphatic heterocycles. The lowest BCUT2D eigenvalue weighted by Crippen LogP contribution is -2.46. The summed E-state index contributed by atoms with van der Waals surface area (Å²) in [4.78, 5) is 22.1. The molecule has 0 bridgehead atoms. The van der Waals surface area contributed by atoms with Gasteiger partial charge < -0.3 is 9.59 Å². The number of halogens is 6. The molecule has 4 nitrogen and oxygen atoms in total. The molecule has 2 aromatic carbocycles. The van der Waals surface area contributed by atoms with E-state index in [1.54, 1.807) is 0 Å². The van der Waals surface area contributed by atoms with Crippen LogP contribution in [-0.2, 0) is 9.59 Å². The third-order valence-electron chi connectivity index (χ3n) is 7.75. The van der Waals surface area contributed by atoms with E-state index >= 15 is 0 Å². The summed E-state index contributed by atoms with van der Waals surface area (Å²) in [6.45, 7) is 22.8. The Morgan fingerprint density at radius 3 is 1.13 bits per heavy atom. The number of hydrogen-bond donors (Lipinski definition) is 0. The predicted octanol–water partition coefficient (Wildman–Crippen LogP) is 9.60. The van der Waals surface area contributed by atoms with E-state index in [0.717, 1.165) is 63.5 Å². The number of aldehydes is 2. The molecule has 46 heavy (non-hydrogen) atoms. The Morgan fingerprint density at radius 1 is 0.587 bits per heavy atom. The molecule has 4 rings (SSSR count). The van der Waals surface area contributed by atoms with E-state index in [1.807, 2.05) is 13.8 Å². The van der Waals surface area contributed by atoms with Gasteiger partial charge in [-0.1, -0.05) is 26.0 Å². The molecule has 0 aliphatic carbocycles. The van der Waals surface area contributed by atoms with Crippen molar-refractivity contribution >= 4 is 12.6 Å². The molecule has 0 aromatic heterocycles. The summed E-state index contributed by atoms with van der Waals surface area (Å²) in [5.74, 6) is -7.14. The summed E-state index contributed by atoms with van der Waals surface area (Å²) in [5, 5.41) is 0. The first-order chi connectivity index (χ1) is 21.4. The topological polar surface area (TPSA) is 40.6 Å². The van der Waals surface area contributed by atoms with E-state index in [0.29, 0.717) is 24.2 Å². The molecule has 262 valence electrons. The fraction of sp³-hybridized carbons (Fsp3) is 0.611. The Hall–Kier alpha value is -2.72. The van der Waals surface area contributed by atoms with Crippen LogP contribution in [0, 0.1) is 34.9 Å². The third-order valence-corrected chi connectivity index (χ3v) is 7.75. The molecule has 0 spiro atoms. The van der Waals surface area contributed by atoms with Gasteiger partial charge in [-0.3, -0.25) is 9.80 Å². The minimum atomic E-state index is -1.36. The lowest BCUT2D eigenvalue weighted by atomic mass is 9.88. The van der Waals surface area contributed by atoms with Gasteiger partial charge in [-0.25, -0.2) is 26.3 Å². The van der Waals surface area contributed by atoms with Crippen molar-refractivity contribution in [2.24, 2.45) is 0 Å². The monoisotopic (exact) mass is 660 g/mol. The smallest absolute Gasteiger partial charge is 0.194 e. The number of rotatable bonds is 2. The second kappa shape index (κ2) is 20.5. The summed E-state index contributed by atoms with van der Waals surface area (Å²) in [7, 11) is 0. The standard InChI is InChI=1S/2C15H20F3N.2C2H4O.C2H6/c2*1-15(2,3)19-8-4-5-10(9-19)11-6-7-12(16)14(18)13(11)17;2*1-2-3;1-2/h2*6-7,10H,4-5,8-9H2,1-3H3;2*2H,1H3;1-2H3. The first-order valence-electron chi connectivity index (χ1n) is 16.0. The van der Waals surface area contributed by atoms with Gasteiger partial charge in [0.05, 0.1) is 0 Å². The highest BCUT2D eigenvalue weighted by atomic mass is 19.2. The molecular formula is C36H54F6N2O2. The minimum Gasteiger partial charge on any atom is -0.304 e. The Kier molecular flexibility index (Phi) is 19.3. The second-order valence-electron chi connectivity index (χ2n) is 12.9. The molecule has 2 atom stereocenters. The predicted molar refractivity (Wildman–Crippen MR) is 174 cm³/mol. The summed E-state index contributed by atoms with van der Waals surface area (Å²) < 4.78 is 80.2. The molecule has 2 aromatic rings. The van der Waals surface area contributed by atoms with Gasteiger partial charge in [-0.05, 0) is 129 Å². The van der Waals surface area contributed by atoms with E-state index in [4.69, 9.17) is 9.59 Å². The van der Waals surface area contributed by atoms with Crippen LogP contribution in [-0.4, -0.2) is 59.6 Å². The molecule has 2 heterocycles. The minimum absolute atomic E-state index is 0.00766. The van der Waals surface area contributed by atoms with E-state index in [-0.39, 0.29) is 22.9 Å². The number of benzene rings is 2. The summed E-state index contributed by atoms with van der Waals surface area (Å²) in [6.07, 6.45) is 5.02. The quantitative estimate of drug-likeness (QED) is 0.183. The summed E-state index contributed by atoms with van der Waals surface area (Å²) in [5.41, 5.74) is 0.613. The van der Waals surface area contributed by atoms with E-state index < -0.39 is 34.9 Å². The van der Waals surface area contributed by atoms with Gasteiger partial charge in [0, 0.05) is 24.2 Å². The Morgan fingerprint density at radius 2 is 0.870 bits per heavy atom. The lowest BCUT2D eigenvalue weighted by molar-refractivity contribution is -0.106.